The molecule has 0 atom stereocenters. The van der Waals surface area contributed by atoms with Gasteiger partial charge in [0.1, 0.15) is 6.26 Å². The SMILES string of the molecule is Clc1ccc(Br)cc1CNCc1ccon1. The zero-order valence-corrected chi connectivity index (χ0v) is 10.8. The lowest BCUT2D eigenvalue weighted by atomic mass is 10.2. The first-order valence-electron chi connectivity index (χ1n) is 4.79. The van der Waals surface area contributed by atoms with Crippen molar-refractivity contribution in [3.8, 4) is 0 Å². The van der Waals surface area contributed by atoms with Gasteiger partial charge < -0.3 is 9.84 Å². The van der Waals surface area contributed by atoms with E-state index in [0.717, 1.165) is 20.8 Å². The minimum atomic E-state index is 0.666. The van der Waals surface area contributed by atoms with E-state index in [1.807, 2.05) is 24.3 Å². The van der Waals surface area contributed by atoms with Crippen molar-refractivity contribution in [3.05, 3.63) is 51.3 Å². The van der Waals surface area contributed by atoms with Crippen LogP contribution in [-0.4, -0.2) is 5.16 Å². The van der Waals surface area contributed by atoms with E-state index in [9.17, 15) is 0 Å². The molecule has 0 saturated carbocycles. The zero-order chi connectivity index (χ0) is 11.4. The molecular weight excluding hydrogens is 291 g/mol. The van der Waals surface area contributed by atoms with Crippen LogP contribution in [-0.2, 0) is 13.1 Å². The van der Waals surface area contributed by atoms with E-state index in [1.165, 1.54) is 0 Å². The van der Waals surface area contributed by atoms with Crippen molar-refractivity contribution in [1.82, 2.24) is 10.5 Å². The molecule has 0 spiro atoms. The van der Waals surface area contributed by atoms with E-state index >= 15 is 0 Å². The second-order valence-electron chi connectivity index (χ2n) is 3.33. The Kier molecular flexibility index (Phi) is 3.98. The van der Waals surface area contributed by atoms with Crippen LogP contribution < -0.4 is 5.32 Å². The summed E-state index contributed by atoms with van der Waals surface area (Å²) >= 11 is 9.48. The van der Waals surface area contributed by atoms with Gasteiger partial charge in [-0.15, -0.1) is 0 Å². The van der Waals surface area contributed by atoms with Crippen LogP contribution in [0.5, 0.6) is 0 Å². The average molecular weight is 302 g/mol. The summed E-state index contributed by atoms with van der Waals surface area (Å²) in [5.41, 5.74) is 1.94. The third-order valence-electron chi connectivity index (χ3n) is 2.12. The van der Waals surface area contributed by atoms with Crippen LogP contribution in [0.1, 0.15) is 11.3 Å². The highest BCUT2D eigenvalue weighted by molar-refractivity contribution is 9.10. The van der Waals surface area contributed by atoms with E-state index in [-0.39, 0.29) is 0 Å². The minimum Gasteiger partial charge on any atom is -0.364 e. The smallest absolute Gasteiger partial charge is 0.124 e. The Hall–Kier alpha value is -0.840. The van der Waals surface area contributed by atoms with Crippen LogP contribution in [0.25, 0.3) is 0 Å². The Balaban J connectivity index is 1.92. The monoisotopic (exact) mass is 300 g/mol. The highest BCUT2D eigenvalue weighted by Crippen LogP contribution is 2.20. The quantitative estimate of drug-likeness (QED) is 0.941. The fourth-order valence-corrected chi connectivity index (χ4v) is 1.93. The fraction of sp³-hybridized carbons (Fsp3) is 0.182. The first-order chi connectivity index (χ1) is 7.75. The molecule has 1 heterocycles. The third kappa shape index (κ3) is 3.07. The van der Waals surface area contributed by atoms with Gasteiger partial charge >= 0.3 is 0 Å². The molecule has 16 heavy (non-hydrogen) atoms. The summed E-state index contributed by atoms with van der Waals surface area (Å²) < 4.78 is 5.76. The number of halogens is 2. The Labute approximate surface area is 107 Å². The van der Waals surface area contributed by atoms with Crippen molar-refractivity contribution in [2.75, 3.05) is 0 Å². The molecule has 5 heteroatoms. The lowest BCUT2D eigenvalue weighted by molar-refractivity contribution is 0.408. The van der Waals surface area contributed by atoms with Gasteiger partial charge in [0.2, 0.25) is 0 Å². The first kappa shape index (κ1) is 11.6. The highest BCUT2D eigenvalue weighted by Gasteiger charge is 2.01. The summed E-state index contributed by atoms with van der Waals surface area (Å²) in [6.45, 7) is 1.37. The van der Waals surface area contributed by atoms with Crippen molar-refractivity contribution in [1.29, 1.82) is 0 Å². The minimum absolute atomic E-state index is 0.666. The van der Waals surface area contributed by atoms with E-state index < -0.39 is 0 Å². The van der Waals surface area contributed by atoms with Crippen LogP contribution in [0.3, 0.4) is 0 Å². The topological polar surface area (TPSA) is 38.1 Å². The van der Waals surface area contributed by atoms with Gasteiger partial charge in [0.25, 0.3) is 0 Å². The van der Waals surface area contributed by atoms with E-state index in [0.29, 0.717) is 13.1 Å². The van der Waals surface area contributed by atoms with Crippen LogP contribution in [0.15, 0.2) is 39.5 Å². The van der Waals surface area contributed by atoms with Crippen molar-refractivity contribution < 1.29 is 4.52 Å². The molecule has 84 valence electrons. The summed E-state index contributed by atoms with van der Waals surface area (Å²) in [7, 11) is 0. The van der Waals surface area contributed by atoms with Gasteiger partial charge in [-0.1, -0.05) is 32.7 Å². The molecular formula is C11H10BrClN2O. The van der Waals surface area contributed by atoms with Gasteiger partial charge in [-0.25, -0.2) is 0 Å². The molecule has 3 nitrogen and oxygen atoms in total. The molecule has 0 aliphatic heterocycles. The first-order valence-corrected chi connectivity index (χ1v) is 5.97. The normalized spacial score (nSPS) is 10.6. The Bertz CT molecular complexity index is 459. The Morgan fingerprint density at radius 2 is 2.19 bits per heavy atom. The Morgan fingerprint density at radius 3 is 2.94 bits per heavy atom. The molecule has 1 N–H and O–H groups in total. The summed E-state index contributed by atoms with van der Waals surface area (Å²) in [5.74, 6) is 0. The molecule has 0 saturated heterocycles. The standard InChI is InChI=1S/C11H10BrClN2O/c12-9-1-2-11(13)8(5-9)6-14-7-10-3-4-16-15-10/h1-5,14H,6-7H2. The molecule has 0 amide bonds. The predicted molar refractivity (Wildman–Crippen MR) is 66.2 cm³/mol. The van der Waals surface area contributed by atoms with E-state index in [1.54, 1.807) is 6.26 Å². The molecule has 0 aliphatic carbocycles. The predicted octanol–water partition coefficient (Wildman–Crippen LogP) is 3.38. The van der Waals surface area contributed by atoms with Crippen LogP contribution >= 0.6 is 27.5 Å². The number of hydrogen-bond acceptors (Lipinski definition) is 3. The van der Waals surface area contributed by atoms with Gasteiger partial charge in [0.05, 0.1) is 5.69 Å². The number of nitrogens with zero attached hydrogens (tertiary/aromatic N) is 1. The van der Waals surface area contributed by atoms with Gasteiger partial charge in [0, 0.05) is 28.7 Å². The molecule has 2 aromatic rings. The maximum atomic E-state index is 6.06. The number of rotatable bonds is 4. The molecule has 0 fully saturated rings. The second-order valence-corrected chi connectivity index (χ2v) is 4.65. The number of nitrogens with one attached hydrogen (secondary N) is 1. The number of benzene rings is 1. The number of aromatic nitrogens is 1. The van der Waals surface area contributed by atoms with Gasteiger partial charge in [0.15, 0.2) is 0 Å². The summed E-state index contributed by atoms with van der Waals surface area (Å²) in [5, 5.41) is 7.81. The second kappa shape index (κ2) is 5.48. The molecule has 0 radical (unpaired) electrons. The zero-order valence-electron chi connectivity index (χ0n) is 8.41. The molecule has 0 unspecified atom stereocenters. The lowest BCUT2D eigenvalue weighted by Crippen LogP contribution is -2.13. The number of hydrogen-bond donors (Lipinski definition) is 1. The lowest BCUT2D eigenvalue weighted by Gasteiger charge is -2.05. The molecule has 2 rings (SSSR count). The van der Waals surface area contributed by atoms with Crippen molar-refractivity contribution in [2.45, 2.75) is 13.1 Å². The highest BCUT2D eigenvalue weighted by atomic mass is 79.9. The molecule has 0 aliphatic rings. The average Bonchev–Trinajstić information content (AvgIpc) is 2.76. The summed E-state index contributed by atoms with van der Waals surface area (Å²) in [6, 6.07) is 7.62. The summed E-state index contributed by atoms with van der Waals surface area (Å²) in [4.78, 5) is 0. The van der Waals surface area contributed by atoms with Crippen molar-refractivity contribution in [2.24, 2.45) is 0 Å². The van der Waals surface area contributed by atoms with Crippen LogP contribution in [0, 0.1) is 0 Å². The van der Waals surface area contributed by atoms with Gasteiger partial charge in [-0.3, -0.25) is 0 Å². The maximum absolute atomic E-state index is 6.06. The largest absolute Gasteiger partial charge is 0.364 e. The van der Waals surface area contributed by atoms with Gasteiger partial charge in [-0.05, 0) is 23.8 Å². The van der Waals surface area contributed by atoms with E-state index in [2.05, 4.69) is 26.4 Å². The van der Waals surface area contributed by atoms with Crippen LogP contribution in [0.2, 0.25) is 5.02 Å². The van der Waals surface area contributed by atoms with Gasteiger partial charge in [-0.2, -0.15) is 0 Å². The molecule has 0 bridgehead atoms. The molecule has 1 aromatic heterocycles. The van der Waals surface area contributed by atoms with E-state index in [4.69, 9.17) is 16.1 Å². The third-order valence-corrected chi connectivity index (χ3v) is 2.98. The fourth-order valence-electron chi connectivity index (χ4n) is 1.33. The van der Waals surface area contributed by atoms with Crippen LogP contribution in [0.4, 0.5) is 0 Å². The molecule has 1 aromatic carbocycles. The maximum Gasteiger partial charge on any atom is 0.124 e. The van der Waals surface area contributed by atoms with Crippen molar-refractivity contribution >= 4 is 27.5 Å². The summed E-state index contributed by atoms with van der Waals surface area (Å²) in [6.07, 6.45) is 1.56. The van der Waals surface area contributed by atoms with Crippen molar-refractivity contribution in [3.63, 3.8) is 0 Å². The Morgan fingerprint density at radius 1 is 1.31 bits per heavy atom.